The fourth-order valence-corrected chi connectivity index (χ4v) is 2.48. The Labute approximate surface area is 97.5 Å². The molecule has 2 aromatic rings. The highest BCUT2D eigenvalue weighted by Gasteiger charge is 2.18. The predicted octanol–water partition coefficient (Wildman–Crippen LogP) is 3.43. The average Bonchev–Trinajstić information content (AvgIpc) is 2.61. The molecule has 0 atom stereocenters. The van der Waals surface area contributed by atoms with Crippen molar-refractivity contribution >= 4 is 39.9 Å². The first kappa shape index (κ1) is 11.2. The van der Waals surface area contributed by atoms with Crippen LogP contribution in [0.4, 0.5) is 14.5 Å². The molecular formula is C8H4F2N2O2S2. The smallest absolute Gasteiger partial charge is 0.258 e. The Morgan fingerprint density at radius 1 is 1.50 bits per heavy atom. The van der Waals surface area contributed by atoms with Gasteiger partial charge in [0.1, 0.15) is 0 Å². The highest BCUT2D eigenvalue weighted by molar-refractivity contribution is 7.80. The number of hydrogen-bond donors (Lipinski definition) is 1. The summed E-state index contributed by atoms with van der Waals surface area (Å²) in [6.45, 7) is 0. The van der Waals surface area contributed by atoms with Crippen LogP contribution in [0.5, 0.6) is 0 Å². The van der Waals surface area contributed by atoms with Crippen LogP contribution in [0.2, 0.25) is 0 Å². The molecule has 4 nitrogen and oxygen atoms in total. The van der Waals surface area contributed by atoms with Crippen molar-refractivity contribution in [1.82, 2.24) is 4.98 Å². The monoisotopic (exact) mass is 262 g/mol. The summed E-state index contributed by atoms with van der Waals surface area (Å²) in [6, 6.07) is 2.42. The Bertz CT molecular complexity index is 570. The van der Waals surface area contributed by atoms with E-state index in [1.807, 2.05) is 0 Å². The van der Waals surface area contributed by atoms with Crippen LogP contribution in [0.1, 0.15) is 11.4 Å². The van der Waals surface area contributed by atoms with E-state index in [1.165, 1.54) is 12.1 Å². The number of halogens is 2. The third kappa shape index (κ3) is 1.85. The number of thiol groups is 1. The summed E-state index contributed by atoms with van der Waals surface area (Å²) in [5.74, 6) is 0. The number of alkyl halides is 2. The van der Waals surface area contributed by atoms with E-state index in [4.69, 9.17) is 0 Å². The number of benzene rings is 1. The predicted molar refractivity (Wildman–Crippen MR) is 58.5 cm³/mol. The fraction of sp³-hybridized carbons (Fsp3) is 0.125. The molecule has 0 N–H and O–H groups in total. The molecule has 0 bridgehead atoms. The second kappa shape index (κ2) is 3.95. The summed E-state index contributed by atoms with van der Waals surface area (Å²) >= 11 is 4.73. The third-order valence-corrected chi connectivity index (χ3v) is 3.22. The van der Waals surface area contributed by atoms with E-state index in [9.17, 15) is 18.9 Å². The number of nitro benzene ring substituents is 1. The zero-order chi connectivity index (χ0) is 11.9. The van der Waals surface area contributed by atoms with E-state index in [0.29, 0.717) is 4.70 Å². The molecule has 0 aliphatic carbocycles. The van der Waals surface area contributed by atoms with Gasteiger partial charge in [0.05, 0.1) is 15.1 Å². The topological polar surface area (TPSA) is 56.0 Å². The number of nitro groups is 1. The van der Waals surface area contributed by atoms with E-state index in [2.05, 4.69) is 17.6 Å². The number of non-ortho nitro benzene ring substituents is 1. The van der Waals surface area contributed by atoms with E-state index in [1.54, 1.807) is 0 Å². The average molecular weight is 262 g/mol. The zero-order valence-corrected chi connectivity index (χ0v) is 9.27. The van der Waals surface area contributed by atoms with Crippen molar-refractivity contribution in [2.45, 2.75) is 11.3 Å². The number of aromatic nitrogens is 1. The molecule has 0 fully saturated rings. The summed E-state index contributed by atoms with van der Waals surface area (Å²) in [4.78, 5) is 13.9. The van der Waals surface area contributed by atoms with Crippen LogP contribution >= 0.6 is 24.0 Å². The van der Waals surface area contributed by atoms with E-state index >= 15 is 0 Å². The molecule has 84 valence electrons. The van der Waals surface area contributed by atoms with Crippen LogP contribution in [0.15, 0.2) is 17.0 Å². The fourth-order valence-electron chi connectivity index (χ4n) is 1.21. The lowest BCUT2D eigenvalue weighted by Crippen LogP contribution is -1.87. The van der Waals surface area contributed by atoms with Gasteiger partial charge in [-0.25, -0.2) is 13.8 Å². The number of fused-ring (bicyclic) bond motifs is 1. The second-order valence-electron chi connectivity index (χ2n) is 2.92. The maximum Gasteiger partial charge on any atom is 0.289 e. The van der Waals surface area contributed by atoms with Gasteiger partial charge < -0.3 is 0 Å². The largest absolute Gasteiger partial charge is 0.289 e. The number of nitrogens with zero attached hydrogens (tertiary/aromatic N) is 2. The first-order chi connectivity index (χ1) is 7.49. The molecule has 0 aliphatic rings. The first-order valence-electron chi connectivity index (χ1n) is 4.05. The molecule has 0 aliphatic heterocycles. The zero-order valence-electron chi connectivity index (χ0n) is 7.55. The maximum atomic E-state index is 12.4. The number of hydrogen-bond acceptors (Lipinski definition) is 5. The summed E-state index contributed by atoms with van der Waals surface area (Å²) in [7, 11) is 0. The summed E-state index contributed by atoms with van der Waals surface area (Å²) in [5, 5.41) is 10.2. The van der Waals surface area contributed by atoms with Gasteiger partial charge in [-0.2, -0.15) is 0 Å². The summed E-state index contributed by atoms with van der Waals surface area (Å²) in [6.07, 6.45) is -2.68. The van der Waals surface area contributed by atoms with Crippen LogP contribution in [0.25, 0.3) is 10.2 Å². The van der Waals surface area contributed by atoms with Gasteiger partial charge in [-0.15, -0.1) is 24.0 Å². The second-order valence-corrected chi connectivity index (χ2v) is 4.47. The highest BCUT2D eigenvalue weighted by Crippen LogP contribution is 2.34. The SMILES string of the molecule is O=[N+]([O-])c1cc(S)c2nc(C(F)F)sc2c1. The van der Waals surface area contributed by atoms with Crippen molar-refractivity contribution in [3.63, 3.8) is 0 Å². The molecule has 1 aromatic carbocycles. The maximum absolute atomic E-state index is 12.4. The van der Waals surface area contributed by atoms with Gasteiger partial charge >= 0.3 is 0 Å². The van der Waals surface area contributed by atoms with Crippen LogP contribution in [-0.4, -0.2) is 9.91 Å². The van der Waals surface area contributed by atoms with Crippen molar-refractivity contribution in [1.29, 1.82) is 0 Å². The van der Waals surface area contributed by atoms with Crippen molar-refractivity contribution in [3.8, 4) is 0 Å². The Balaban J connectivity index is 2.68. The minimum absolute atomic E-state index is 0.179. The standard InChI is InChI=1S/C8H4F2N2O2S2/c9-7(10)8-11-6-4(15)1-3(12(13)14)2-5(6)16-8/h1-2,7,15H. The minimum Gasteiger partial charge on any atom is -0.258 e. The van der Waals surface area contributed by atoms with Crippen molar-refractivity contribution in [3.05, 3.63) is 27.3 Å². The lowest BCUT2D eigenvalue weighted by molar-refractivity contribution is -0.384. The van der Waals surface area contributed by atoms with Crippen LogP contribution in [0, 0.1) is 10.1 Å². The Kier molecular flexibility index (Phi) is 2.76. The molecule has 0 radical (unpaired) electrons. The number of thiazole rings is 1. The molecule has 0 unspecified atom stereocenters. The van der Waals surface area contributed by atoms with Gasteiger partial charge in [0, 0.05) is 17.0 Å². The summed E-state index contributed by atoms with van der Waals surface area (Å²) in [5.41, 5.74) is 0.0937. The van der Waals surface area contributed by atoms with Gasteiger partial charge in [0.2, 0.25) is 0 Å². The molecule has 16 heavy (non-hydrogen) atoms. The molecule has 8 heteroatoms. The molecule has 0 spiro atoms. The van der Waals surface area contributed by atoms with Gasteiger partial charge in [-0.3, -0.25) is 10.1 Å². The van der Waals surface area contributed by atoms with E-state index in [-0.39, 0.29) is 21.1 Å². The van der Waals surface area contributed by atoms with Crippen molar-refractivity contribution in [2.24, 2.45) is 0 Å². The first-order valence-corrected chi connectivity index (χ1v) is 5.31. The molecule has 0 saturated heterocycles. The van der Waals surface area contributed by atoms with Gasteiger partial charge in [0.25, 0.3) is 12.1 Å². The lowest BCUT2D eigenvalue weighted by Gasteiger charge is -1.94. The van der Waals surface area contributed by atoms with Gasteiger partial charge in [0.15, 0.2) is 5.01 Å². The van der Waals surface area contributed by atoms with Crippen LogP contribution < -0.4 is 0 Å². The van der Waals surface area contributed by atoms with Crippen LogP contribution in [-0.2, 0) is 0 Å². The molecule has 0 amide bonds. The van der Waals surface area contributed by atoms with Gasteiger partial charge in [-0.05, 0) is 0 Å². The Morgan fingerprint density at radius 3 is 2.75 bits per heavy atom. The minimum atomic E-state index is -2.68. The Hall–Kier alpha value is -1.28. The van der Waals surface area contributed by atoms with Crippen molar-refractivity contribution in [2.75, 3.05) is 0 Å². The van der Waals surface area contributed by atoms with Crippen LogP contribution in [0.3, 0.4) is 0 Å². The van der Waals surface area contributed by atoms with Gasteiger partial charge in [-0.1, -0.05) is 0 Å². The number of rotatable bonds is 2. The lowest BCUT2D eigenvalue weighted by atomic mass is 10.3. The molecule has 1 heterocycles. The van der Waals surface area contributed by atoms with E-state index in [0.717, 1.165) is 11.3 Å². The molecule has 2 rings (SSSR count). The summed E-state index contributed by atoms with van der Waals surface area (Å²) < 4.78 is 25.1. The van der Waals surface area contributed by atoms with E-state index < -0.39 is 11.3 Å². The normalized spacial score (nSPS) is 11.2. The highest BCUT2D eigenvalue weighted by atomic mass is 32.1. The Morgan fingerprint density at radius 2 is 2.19 bits per heavy atom. The molecule has 1 aromatic heterocycles. The molecular weight excluding hydrogens is 258 g/mol. The molecule has 0 saturated carbocycles. The quantitative estimate of drug-likeness (QED) is 0.512. The van der Waals surface area contributed by atoms with Crippen molar-refractivity contribution < 1.29 is 13.7 Å². The third-order valence-electron chi connectivity index (χ3n) is 1.87.